The third-order valence-corrected chi connectivity index (χ3v) is 3.20. The van der Waals surface area contributed by atoms with Crippen LogP contribution < -0.4 is 10.2 Å². The number of anilines is 1. The van der Waals surface area contributed by atoms with E-state index in [0.717, 1.165) is 23.8 Å². The van der Waals surface area contributed by atoms with Crippen LogP contribution >= 0.6 is 11.6 Å². The molecule has 0 saturated carbocycles. The first-order valence-electron chi connectivity index (χ1n) is 6.33. The van der Waals surface area contributed by atoms with Crippen molar-refractivity contribution in [1.82, 2.24) is 5.32 Å². The number of nitrogens with zero attached hydrogens (tertiary/aromatic N) is 1. The molecular formula is C14H23ClN2. The molecule has 0 unspecified atom stereocenters. The minimum atomic E-state index is 0.844. The van der Waals surface area contributed by atoms with Crippen molar-refractivity contribution in [2.24, 2.45) is 0 Å². The highest BCUT2D eigenvalue weighted by molar-refractivity contribution is 6.33. The summed E-state index contributed by atoms with van der Waals surface area (Å²) in [5, 5.41) is 3.97. The zero-order chi connectivity index (χ0) is 12.7. The van der Waals surface area contributed by atoms with Gasteiger partial charge in [-0.2, -0.15) is 0 Å². The van der Waals surface area contributed by atoms with E-state index in [9.17, 15) is 0 Å². The molecule has 0 fully saturated rings. The Kier molecular flexibility index (Phi) is 6.38. The van der Waals surface area contributed by atoms with Crippen molar-refractivity contribution in [3.63, 3.8) is 0 Å². The molecule has 0 atom stereocenters. The topological polar surface area (TPSA) is 15.3 Å². The summed E-state index contributed by atoms with van der Waals surface area (Å²) in [7, 11) is 4.05. The van der Waals surface area contributed by atoms with Crippen molar-refractivity contribution in [3.8, 4) is 0 Å². The Bertz CT molecular complexity index is 339. The molecule has 1 aromatic carbocycles. The molecule has 2 nitrogen and oxygen atoms in total. The minimum absolute atomic E-state index is 0.844. The molecule has 0 aliphatic heterocycles. The first-order chi connectivity index (χ1) is 8.19. The van der Waals surface area contributed by atoms with Crippen LogP contribution in [0.25, 0.3) is 0 Å². The van der Waals surface area contributed by atoms with Crippen LogP contribution in [0.2, 0.25) is 5.02 Å². The largest absolute Gasteiger partial charge is 0.373 e. The number of hydrogen-bond acceptors (Lipinski definition) is 2. The zero-order valence-electron chi connectivity index (χ0n) is 11.1. The summed E-state index contributed by atoms with van der Waals surface area (Å²) in [4.78, 5) is 2.24. The van der Waals surface area contributed by atoms with Gasteiger partial charge in [0, 0.05) is 20.1 Å². The first-order valence-corrected chi connectivity index (χ1v) is 6.71. The van der Waals surface area contributed by atoms with Crippen molar-refractivity contribution in [2.45, 2.75) is 32.7 Å². The van der Waals surface area contributed by atoms with Crippen molar-refractivity contribution in [3.05, 3.63) is 28.8 Å². The van der Waals surface area contributed by atoms with Crippen LogP contribution in [0.1, 0.15) is 31.7 Å². The Morgan fingerprint density at radius 2 is 2.06 bits per heavy atom. The maximum Gasteiger partial charge on any atom is 0.0642 e. The summed E-state index contributed by atoms with van der Waals surface area (Å²) in [6.07, 6.45) is 3.75. The van der Waals surface area contributed by atoms with E-state index >= 15 is 0 Å². The fourth-order valence-electron chi connectivity index (χ4n) is 1.89. The predicted octanol–water partition coefficient (Wildman–Crippen LogP) is 3.69. The fraction of sp³-hybridized carbons (Fsp3) is 0.571. The van der Waals surface area contributed by atoms with Crippen LogP contribution in [-0.2, 0) is 6.54 Å². The Morgan fingerprint density at radius 3 is 2.65 bits per heavy atom. The molecule has 0 spiro atoms. The molecule has 0 bridgehead atoms. The summed E-state index contributed by atoms with van der Waals surface area (Å²) in [6.45, 7) is 4.15. The summed E-state index contributed by atoms with van der Waals surface area (Å²) in [6, 6.07) is 6.29. The lowest BCUT2D eigenvalue weighted by atomic mass is 10.2. The molecule has 3 heteroatoms. The van der Waals surface area contributed by atoms with Gasteiger partial charge in [-0.3, -0.25) is 0 Å². The van der Waals surface area contributed by atoms with Gasteiger partial charge < -0.3 is 10.2 Å². The van der Waals surface area contributed by atoms with E-state index in [1.165, 1.54) is 24.8 Å². The molecule has 0 aromatic heterocycles. The second kappa shape index (κ2) is 7.57. The van der Waals surface area contributed by atoms with E-state index in [4.69, 9.17) is 11.6 Å². The normalized spacial score (nSPS) is 10.6. The van der Waals surface area contributed by atoms with Gasteiger partial charge in [0.1, 0.15) is 0 Å². The molecule has 1 N–H and O–H groups in total. The van der Waals surface area contributed by atoms with E-state index in [-0.39, 0.29) is 0 Å². The predicted molar refractivity (Wildman–Crippen MR) is 77.0 cm³/mol. The van der Waals surface area contributed by atoms with E-state index in [0.29, 0.717) is 0 Å². The number of halogens is 1. The summed E-state index contributed by atoms with van der Waals surface area (Å²) < 4.78 is 0. The van der Waals surface area contributed by atoms with Crippen molar-refractivity contribution < 1.29 is 0 Å². The van der Waals surface area contributed by atoms with Gasteiger partial charge in [0.15, 0.2) is 0 Å². The highest BCUT2D eigenvalue weighted by atomic mass is 35.5. The van der Waals surface area contributed by atoms with E-state index < -0.39 is 0 Å². The summed E-state index contributed by atoms with van der Waals surface area (Å²) >= 11 is 6.30. The van der Waals surface area contributed by atoms with Crippen LogP contribution in [0.4, 0.5) is 5.69 Å². The molecule has 1 rings (SSSR count). The van der Waals surface area contributed by atoms with Crippen LogP contribution in [0, 0.1) is 0 Å². The second-order valence-electron chi connectivity index (χ2n) is 4.44. The van der Waals surface area contributed by atoms with Gasteiger partial charge in [-0.25, -0.2) is 0 Å². The number of nitrogens with one attached hydrogen (secondary N) is 1. The molecule has 1 aromatic rings. The monoisotopic (exact) mass is 254 g/mol. The molecule has 0 aliphatic rings. The van der Waals surface area contributed by atoms with Crippen LogP contribution in [-0.4, -0.2) is 20.6 Å². The summed E-state index contributed by atoms with van der Waals surface area (Å²) in [5.74, 6) is 0. The molecule has 0 heterocycles. The molecule has 0 aliphatic carbocycles. The van der Waals surface area contributed by atoms with Crippen molar-refractivity contribution >= 4 is 17.3 Å². The maximum atomic E-state index is 6.30. The third-order valence-electron chi connectivity index (χ3n) is 2.90. The van der Waals surface area contributed by atoms with Gasteiger partial charge in [-0.1, -0.05) is 37.4 Å². The van der Waals surface area contributed by atoms with E-state index in [1.54, 1.807) is 0 Å². The number of rotatable bonds is 7. The van der Waals surface area contributed by atoms with Crippen molar-refractivity contribution in [2.75, 3.05) is 25.5 Å². The standard InChI is InChI=1S/C14H23ClN2/c1-4-5-6-9-17(3)14-8-7-12(11-16-2)10-13(14)15/h7-8,10,16H,4-6,9,11H2,1-3H3. The quantitative estimate of drug-likeness (QED) is 0.747. The summed E-state index contributed by atoms with van der Waals surface area (Å²) in [5.41, 5.74) is 2.35. The van der Waals surface area contributed by atoms with Gasteiger partial charge in [0.25, 0.3) is 0 Å². The van der Waals surface area contributed by atoms with Gasteiger partial charge in [-0.05, 0) is 31.2 Å². The molecule has 0 saturated heterocycles. The van der Waals surface area contributed by atoms with Crippen molar-refractivity contribution in [1.29, 1.82) is 0 Å². The smallest absolute Gasteiger partial charge is 0.0642 e. The average Bonchev–Trinajstić information content (AvgIpc) is 2.29. The lowest BCUT2D eigenvalue weighted by Crippen LogP contribution is -2.19. The van der Waals surface area contributed by atoms with E-state index in [1.807, 2.05) is 13.1 Å². The average molecular weight is 255 g/mol. The molecule has 17 heavy (non-hydrogen) atoms. The van der Waals surface area contributed by atoms with Crippen LogP contribution in [0.3, 0.4) is 0 Å². The minimum Gasteiger partial charge on any atom is -0.373 e. The molecule has 96 valence electrons. The number of unbranched alkanes of at least 4 members (excludes halogenated alkanes) is 2. The Labute approximate surface area is 110 Å². The Balaban J connectivity index is 2.63. The Morgan fingerprint density at radius 1 is 1.29 bits per heavy atom. The Hall–Kier alpha value is -0.730. The number of hydrogen-bond donors (Lipinski definition) is 1. The van der Waals surface area contributed by atoms with Gasteiger partial charge in [-0.15, -0.1) is 0 Å². The first kappa shape index (κ1) is 14.3. The maximum absolute atomic E-state index is 6.30. The van der Waals surface area contributed by atoms with Gasteiger partial charge in [0.2, 0.25) is 0 Å². The number of benzene rings is 1. The molecular weight excluding hydrogens is 232 g/mol. The second-order valence-corrected chi connectivity index (χ2v) is 4.85. The van der Waals surface area contributed by atoms with Crippen LogP contribution in [0.5, 0.6) is 0 Å². The highest BCUT2D eigenvalue weighted by Gasteiger charge is 2.06. The SMILES string of the molecule is CCCCCN(C)c1ccc(CNC)cc1Cl. The van der Waals surface area contributed by atoms with Crippen LogP contribution in [0.15, 0.2) is 18.2 Å². The highest BCUT2D eigenvalue weighted by Crippen LogP contribution is 2.26. The zero-order valence-corrected chi connectivity index (χ0v) is 11.8. The van der Waals surface area contributed by atoms with Gasteiger partial charge in [0.05, 0.1) is 10.7 Å². The lowest BCUT2D eigenvalue weighted by Gasteiger charge is -2.21. The van der Waals surface area contributed by atoms with Gasteiger partial charge >= 0.3 is 0 Å². The van der Waals surface area contributed by atoms with E-state index in [2.05, 4.69) is 36.3 Å². The lowest BCUT2D eigenvalue weighted by molar-refractivity contribution is 0.705. The fourth-order valence-corrected chi connectivity index (χ4v) is 2.24. The molecule has 0 amide bonds. The molecule has 0 radical (unpaired) electrons. The third kappa shape index (κ3) is 4.57.